The highest BCUT2D eigenvalue weighted by Gasteiger charge is 2.22. The summed E-state index contributed by atoms with van der Waals surface area (Å²) >= 11 is 5.40. The number of thiophene rings is 1. The van der Waals surface area contributed by atoms with Gasteiger partial charge in [-0.05, 0) is 41.9 Å². The van der Waals surface area contributed by atoms with Gasteiger partial charge in [0.25, 0.3) is 0 Å². The summed E-state index contributed by atoms with van der Waals surface area (Å²) in [5.74, 6) is 0. The van der Waals surface area contributed by atoms with Gasteiger partial charge in [0, 0.05) is 19.6 Å². The summed E-state index contributed by atoms with van der Waals surface area (Å²) in [6.07, 6.45) is 1.04. The Morgan fingerprint density at radius 3 is 2.54 bits per heavy atom. The van der Waals surface area contributed by atoms with Crippen molar-refractivity contribution >= 4 is 27.3 Å². The van der Waals surface area contributed by atoms with Gasteiger partial charge in [-0.3, -0.25) is 0 Å². The van der Waals surface area contributed by atoms with E-state index in [-0.39, 0.29) is 5.41 Å². The van der Waals surface area contributed by atoms with Crippen molar-refractivity contribution in [2.45, 2.75) is 32.6 Å². The first-order valence-electron chi connectivity index (χ1n) is 4.44. The van der Waals surface area contributed by atoms with Crippen LogP contribution < -0.4 is 5.73 Å². The fourth-order valence-corrected chi connectivity index (χ4v) is 2.94. The van der Waals surface area contributed by atoms with E-state index < -0.39 is 0 Å². The lowest BCUT2D eigenvalue weighted by atomic mass is 9.88. The van der Waals surface area contributed by atoms with E-state index in [0.717, 1.165) is 13.0 Å². The van der Waals surface area contributed by atoms with Crippen molar-refractivity contribution in [3.05, 3.63) is 20.3 Å². The largest absolute Gasteiger partial charge is 0.330 e. The van der Waals surface area contributed by atoms with Crippen molar-refractivity contribution in [3.63, 3.8) is 0 Å². The van der Waals surface area contributed by atoms with Gasteiger partial charge < -0.3 is 5.73 Å². The zero-order valence-corrected chi connectivity index (χ0v) is 10.8. The lowest BCUT2D eigenvalue weighted by molar-refractivity contribution is 0.497. The van der Waals surface area contributed by atoms with Gasteiger partial charge in [-0.25, -0.2) is 0 Å². The molecule has 0 aliphatic heterocycles. The molecule has 0 aromatic carbocycles. The summed E-state index contributed by atoms with van der Waals surface area (Å²) < 4.78 is 1.22. The molecule has 0 fully saturated rings. The molecule has 0 atom stereocenters. The van der Waals surface area contributed by atoms with E-state index in [1.165, 1.54) is 14.2 Å². The van der Waals surface area contributed by atoms with Crippen molar-refractivity contribution in [1.29, 1.82) is 0 Å². The summed E-state index contributed by atoms with van der Waals surface area (Å²) in [6, 6.07) is 2.22. The molecule has 3 heteroatoms. The van der Waals surface area contributed by atoms with Crippen LogP contribution in [0.1, 0.15) is 30.0 Å². The summed E-state index contributed by atoms with van der Waals surface area (Å²) in [6.45, 7) is 7.38. The zero-order valence-electron chi connectivity index (χ0n) is 8.36. The number of aryl methyl sites for hydroxylation is 1. The Morgan fingerprint density at radius 1 is 1.54 bits per heavy atom. The van der Waals surface area contributed by atoms with Gasteiger partial charge in [0.05, 0.1) is 0 Å². The van der Waals surface area contributed by atoms with Crippen LogP contribution in [0, 0.1) is 6.92 Å². The molecular weight excluding hydrogens is 246 g/mol. The van der Waals surface area contributed by atoms with E-state index in [1.807, 2.05) is 11.3 Å². The van der Waals surface area contributed by atoms with Gasteiger partial charge in [0.1, 0.15) is 0 Å². The molecule has 0 spiro atoms. The van der Waals surface area contributed by atoms with E-state index in [4.69, 9.17) is 5.73 Å². The zero-order chi connectivity index (χ0) is 10.1. The average Bonchev–Trinajstić information content (AvgIpc) is 2.33. The predicted octanol–water partition coefficient (Wildman–Crippen LogP) is 3.45. The van der Waals surface area contributed by atoms with E-state index in [0.29, 0.717) is 0 Å². The molecule has 0 bridgehead atoms. The van der Waals surface area contributed by atoms with Crippen LogP contribution in [-0.4, -0.2) is 6.54 Å². The monoisotopic (exact) mass is 261 g/mol. The number of hydrogen-bond donors (Lipinski definition) is 1. The van der Waals surface area contributed by atoms with Crippen molar-refractivity contribution < 1.29 is 0 Å². The number of rotatable bonds is 3. The Balaban J connectivity index is 2.93. The second kappa shape index (κ2) is 4.11. The second-order valence-electron chi connectivity index (χ2n) is 3.94. The van der Waals surface area contributed by atoms with Gasteiger partial charge in [-0.1, -0.05) is 13.8 Å². The van der Waals surface area contributed by atoms with E-state index >= 15 is 0 Å². The molecule has 1 nitrogen and oxygen atoms in total. The third kappa shape index (κ3) is 2.55. The Kier molecular flexibility index (Phi) is 3.55. The topological polar surface area (TPSA) is 26.0 Å². The second-order valence-corrected chi connectivity index (χ2v) is 6.05. The molecular formula is C10H16BrNS. The van der Waals surface area contributed by atoms with Crippen LogP contribution in [0.5, 0.6) is 0 Å². The molecule has 1 aromatic heterocycles. The third-order valence-corrected chi connectivity index (χ3v) is 4.80. The van der Waals surface area contributed by atoms with Crippen LogP contribution in [-0.2, 0) is 5.41 Å². The Bertz CT molecular complexity index is 272. The Labute approximate surface area is 92.5 Å². The van der Waals surface area contributed by atoms with Gasteiger partial charge in [-0.2, -0.15) is 0 Å². The molecule has 0 aliphatic carbocycles. The van der Waals surface area contributed by atoms with Crippen LogP contribution >= 0.6 is 27.3 Å². The van der Waals surface area contributed by atoms with E-state index in [1.54, 1.807) is 0 Å². The van der Waals surface area contributed by atoms with Gasteiger partial charge in [0.15, 0.2) is 0 Å². The molecule has 13 heavy (non-hydrogen) atoms. The highest BCUT2D eigenvalue weighted by molar-refractivity contribution is 9.10. The molecule has 0 saturated heterocycles. The number of hydrogen-bond acceptors (Lipinski definition) is 2. The molecule has 0 aliphatic rings. The maximum absolute atomic E-state index is 5.59. The molecule has 0 amide bonds. The van der Waals surface area contributed by atoms with Crippen LogP contribution in [0.3, 0.4) is 0 Å². The SMILES string of the molecule is Cc1sc(C(C)(C)CCN)cc1Br. The van der Waals surface area contributed by atoms with E-state index in [9.17, 15) is 0 Å². The minimum absolute atomic E-state index is 0.218. The van der Waals surface area contributed by atoms with E-state index in [2.05, 4.69) is 42.8 Å². The first-order chi connectivity index (χ1) is 5.97. The highest BCUT2D eigenvalue weighted by atomic mass is 79.9. The minimum Gasteiger partial charge on any atom is -0.330 e. The molecule has 1 aromatic rings. The first kappa shape index (κ1) is 11.2. The van der Waals surface area contributed by atoms with Gasteiger partial charge in [0.2, 0.25) is 0 Å². The van der Waals surface area contributed by atoms with Crippen molar-refractivity contribution in [3.8, 4) is 0 Å². The molecule has 1 rings (SSSR count). The standard InChI is InChI=1S/C10H16BrNS/c1-7-8(11)6-9(13-7)10(2,3)4-5-12/h6H,4-5,12H2,1-3H3. The molecule has 0 saturated carbocycles. The summed E-state index contributed by atoms with van der Waals surface area (Å²) in [7, 11) is 0. The lowest BCUT2D eigenvalue weighted by Gasteiger charge is -2.21. The summed E-state index contributed by atoms with van der Waals surface area (Å²) in [5, 5.41) is 0. The van der Waals surface area contributed by atoms with Crippen LogP contribution in [0.25, 0.3) is 0 Å². The first-order valence-corrected chi connectivity index (χ1v) is 6.05. The normalized spacial score (nSPS) is 12.1. The number of nitrogens with two attached hydrogens (primary N) is 1. The predicted molar refractivity (Wildman–Crippen MR) is 63.5 cm³/mol. The fraction of sp³-hybridized carbons (Fsp3) is 0.600. The quantitative estimate of drug-likeness (QED) is 0.887. The van der Waals surface area contributed by atoms with Crippen molar-refractivity contribution in [2.75, 3.05) is 6.54 Å². The lowest BCUT2D eigenvalue weighted by Crippen LogP contribution is -2.20. The third-order valence-electron chi connectivity index (χ3n) is 2.29. The van der Waals surface area contributed by atoms with Crippen molar-refractivity contribution in [1.82, 2.24) is 0 Å². The maximum Gasteiger partial charge on any atom is 0.0314 e. The van der Waals surface area contributed by atoms with Crippen molar-refractivity contribution in [2.24, 2.45) is 5.73 Å². The summed E-state index contributed by atoms with van der Waals surface area (Å²) in [4.78, 5) is 2.77. The maximum atomic E-state index is 5.59. The molecule has 0 radical (unpaired) electrons. The van der Waals surface area contributed by atoms with Crippen LogP contribution in [0.4, 0.5) is 0 Å². The molecule has 74 valence electrons. The van der Waals surface area contributed by atoms with Crippen LogP contribution in [0.15, 0.2) is 10.5 Å². The van der Waals surface area contributed by atoms with Gasteiger partial charge >= 0.3 is 0 Å². The highest BCUT2D eigenvalue weighted by Crippen LogP contribution is 2.36. The summed E-state index contributed by atoms with van der Waals surface area (Å²) in [5.41, 5.74) is 5.81. The minimum atomic E-state index is 0.218. The molecule has 1 heterocycles. The number of halogens is 1. The molecule has 0 unspecified atom stereocenters. The average molecular weight is 262 g/mol. The Hall–Kier alpha value is 0.140. The van der Waals surface area contributed by atoms with Gasteiger partial charge in [-0.15, -0.1) is 11.3 Å². The Morgan fingerprint density at radius 2 is 2.15 bits per heavy atom. The fourth-order valence-electron chi connectivity index (χ4n) is 1.28. The smallest absolute Gasteiger partial charge is 0.0314 e. The van der Waals surface area contributed by atoms with Crippen LogP contribution in [0.2, 0.25) is 0 Å². The molecule has 2 N–H and O–H groups in total.